The maximum atomic E-state index is 14.1. The number of imide groups is 1. The zero-order chi connectivity index (χ0) is 40.5. The van der Waals surface area contributed by atoms with Gasteiger partial charge in [0.25, 0.3) is 5.91 Å². The summed E-state index contributed by atoms with van der Waals surface area (Å²) >= 11 is 6.27. The molecule has 1 saturated heterocycles. The van der Waals surface area contributed by atoms with Gasteiger partial charge in [-0.1, -0.05) is 84.4 Å². The second-order valence-corrected chi connectivity index (χ2v) is 16.5. The van der Waals surface area contributed by atoms with Crippen LogP contribution < -0.4 is 25.4 Å². The Bertz CT molecular complexity index is 2170. The number of urea groups is 2. The average molecular weight is 829 g/mol. The lowest BCUT2D eigenvalue weighted by molar-refractivity contribution is -0.139. The first kappa shape index (κ1) is 41.7. The van der Waals surface area contributed by atoms with Gasteiger partial charge in [0.05, 0.1) is 62.2 Å². The first-order valence-corrected chi connectivity index (χ1v) is 20.4. The summed E-state index contributed by atoms with van der Waals surface area (Å²) in [6.45, 7) is -1.27. The molecule has 19 heteroatoms. The number of benzene rings is 4. The molecule has 4 aromatic rings. The number of nitrogens with zero attached hydrogens (tertiary/aromatic N) is 2. The molecule has 296 valence electrons. The van der Waals surface area contributed by atoms with Gasteiger partial charge in [0, 0.05) is 6.54 Å². The number of carbonyl (C=O) groups is 4. The second kappa shape index (κ2) is 18.5. The van der Waals surface area contributed by atoms with Crippen molar-refractivity contribution in [3.05, 3.63) is 124 Å². The van der Waals surface area contributed by atoms with Crippen molar-refractivity contribution in [2.45, 2.75) is 19.3 Å². The molecule has 5 rings (SSSR count). The Kier molecular flexibility index (Phi) is 13.7. The molecule has 1 aliphatic rings. The van der Waals surface area contributed by atoms with Gasteiger partial charge in [-0.15, -0.1) is 0 Å². The summed E-state index contributed by atoms with van der Waals surface area (Å²) in [6.07, 6.45) is 0. The van der Waals surface area contributed by atoms with Gasteiger partial charge in [-0.25, -0.2) is 32.0 Å². The van der Waals surface area contributed by atoms with Crippen LogP contribution in [-0.4, -0.2) is 86.3 Å². The van der Waals surface area contributed by atoms with Gasteiger partial charge >= 0.3 is 25.6 Å². The molecule has 0 saturated carbocycles. The largest absolute Gasteiger partial charge is 0.493 e. The maximum Gasteiger partial charge on any atom is 0.361 e. The lowest BCUT2D eigenvalue weighted by Crippen LogP contribution is -2.47. The molecule has 5 amide bonds. The van der Waals surface area contributed by atoms with E-state index >= 15 is 0 Å². The molecular weight excluding hydrogens is 791 g/mol. The highest BCUT2D eigenvalue weighted by molar-refractivity contribution is 7.89. The molecule has 1 heterocycles. The minimum absolute atomic E-state index is 0.00812. The lowest BCUT2D eigenvalue weighted by atomic mass is 10.1. The van der Waals surface area contributed by atoms with Gasteiger partial charge in [0.15, 0.2) is 17.5 Å². The Morgan fingerprint density at radius 3 is 1.98 bits per heavy atom. The summed E-state index contributed by atoms with van der Waals surface area (Å²) in [5, 5.41) is 14.8. The van der Waals surface area contributed by atoms with Crippen LogP contribution in [0.2, 0.25) is 5.02 Å². The van der Waals surface area contributed by atoms with Gasteiger partial charge in [-0.05, 0) is 41.0 Å². The van der Waals surface area contributed by atoms with Crippen molar-refractivity contribution in [3.63, 3.8) is 0 Å². The van der Waals surface area contributed by atoms with Crippen LogP contribution in [0.25, 0.3) is 0 Å². The quantitative estimate of drug-likeness (QED) is 0.121. The van der Waals surface area contributed by atoms with Crippen molar-refractivity contribution in [2.75, 3.05) is 39.6 Å². The number of carboxylic acid groups (broad SMARTS) is 1. The fourth-order valence-corrected chi connectivity index (χ4v) is 8.64. The number of aliphatic carboxylic acids is 1. The molecule has 0 spiro atoms. The number of sulfonamides is 1. The van der Waals surface area contributed by atoms with E-state index in [1.807, 2.05) is 12.1 Å². The third-order valence-corrected chi connectivity index (χ3v) is 12.4. The Hall–Kier alpha value is -5.45. The third kappa shape index (κ3) is 9.85. The zero-order valence-electron chi connectivity index (χ0n) is 30.1. The highest BCUT2D eigenvalue weighted by Crippen LogP contribution is 2.49. The predicted molar refractivity (Wildman–Crippen MR) is 205 cm³/mol. The number of carbonyl (C=O) groups excluding carboxylic acids is 3. The molecule has 0 aliphatic carbocycles. The van der Waals surface area contributed by atoms with Crippen molar-refractivity contribution < 1.29 is 55.8 Å². The number of hydrogen-bond donors (Lipinski definition) is 3. The van der Waals surface area contributed by atoms with E-state index in [9.17, 15) is 37.3 Å². The normalized spacial score (nSPS) is 13.6. The van der Waals surface area contributed by atoms with E-state index < -0.39 is 66.4 Å². The number of rotatable bonds is 17. The lowest BCUT2D eigenvalue weighted by Gasteiger charge is -2.22. The SMILES string of the molecule is COc1ccc(C(=O)NCCS(=O)(=O)N2CCN(C(=O)NC(C(=O)O)c3ccc(P(=O)(OCc4ccccc4)OCc4ccccc4)cc3)C2=O)c(Cl)c1OC. The van der Waals surface area contributed by atoms with E-state index in [1.54, 1.807) is 48.5 Å². The summed E-state index contributed by atoms with van der Waals surface area (Å²) < 4.78 is 62.8. The van der Waals surface area contributed by atoms with Crippen LogP contribution in [0.1, 0.15) is 33.1 Å². The van der Waals surface area contributed by atoms with Crippen LogP contribution in [0.4, 0.5) is 9.59 Å². The number of amides is 5. The number of carboxylic acids is 1. The number of nitrogens with one attached hydrogen (secondary N) is 2. The molecule has 0 aromatic heterocycles. The van der Waals surface area contributed by atoms with Gasteiger partial charge in [-0.2, -0.15) is 0 Å². The molecule has 1 atom stereocenters. The fourth-order valence-electron chi connectivity index (χ4n) is 5.52. The smallest absolute Gasteiger partial charge is 0.361 e. The number of halogens is 1. The minimum Gasteiger partial charge on any atom is -0.493 e. The van der Waals surface area contributed by atoms with Crippen LogP contribution in [0.15, 0.2) is 97.1 Å². The van der Waals surface area contributed by atoms with Crippen molar-refractivity contribution in [3.8, 4) is 11.5 Å². The van der Waals surface area contributed by atoms with Gasteiger partial charge in [0.2, 0.25) is 10.0 Å². The van der Waals surface area contributed by atoms with E-state index in [-0.39, 0.29) is 52.7 Å². The molecule has 56 heavy (non-hydrogen) atoms. The summed E-state index contributed by atoms with van der Waals surface area (Å²) in [7, 11) is -5.60. The first-order chi connectivity index (χ1) is 26.8. The van der Waals surface area contributed by atoms with E-state index in [1.165, 1.54) is 50.6 Å². The maximum absolute atomic E-state index is 14.1. The van der Waals surface area contributed by atoms with Crippen molar-refractivity contribution in [1.29, 1.82) is 0 Å². The summed E-state index contributed by atoms with van der Waals surface area (Å²) in [6, 6.07) is 22.2. The number of methoxy groups -OCH3 is 2. The molecule has 16 nitrogen and oxygen atoms in total. The second-order valence-electron chi connectivity index (χ2n) is 12.1. The molecule has 3 N–H and O–H groups in total. The van der Waals surface area contributed by atoms with Crippen LogP contribution in [0.5, 0.6) is 11.5 Å². The summed E-state index contributed by atoms with van der Waals surface area (Å²) in [4.78, 5) is 52.0. The first-order valence-electron chi connectivity index (χ1n) is 16.9. The molecular formula is C37H38ClN4O12PS. The highest BCUT2D eigenvalue weighted by atomic mass is 35.5. The van der Waals surface area contributed by atoms with Crippen LogP contribution in [0.3, 0.4) is 0 Å². The Morgan fingerprint density at radius 2 is 1.45 bits per heavy atom. The Balaban J connectivity index is 1.22. The minimum atomic E-state index is -4.34. The highest BCUT2D eigenvalue weighted by Gasteiger charge is 2.41. The molecule has 1 fully saturated rings. The molecule has 1 unspecified atom stereocenters. The van der Waals surface area contributed by atoms with E-state index in [0.717, 1.165) is 11.1 Å². The monoisotopic (exact) mass is 828 g/mol. The van der Waals surface area contributed by atoms with Crippen molar-refractivity contribution in [2.24, 2.45) is 0 Å². The van der Waals surface area contributed by atoms with Crippen molar-refractivity contribution >= 4 is 58.5 Å². The van der Waals surface area contributed by atoms with Gasteiger partial charge in [-0.3, -0.25) is 9.36 Å². The van der Waals surface area contributed by atoms with E-state index in [4.69, 9.17) is 30.1 Å². The number of ether oxygens (including phenoxy) is 2. The van der Waals surface area contributed by atoms with E-state index in [0.29, 0.717) is 9.21 Å². The summed E-state index contributed by atoms with van der Waals surface area (Å²) in [5.41, 5.74) is 1.53. The van der Waals surface area contributed by atoms with Gasteiger partial charge in [0.1, 0.15) is 0 Å². The zero-order valence-corrected chi connectivity index (χ0v) is 32.6. The Labute approximate surface area is 327 Å². The molecule has 4 aromatic carbocycles. The van der Waals surface area contributed by atoms with Crippen LogP contribution >= 0.6 is 19.2 Å². The summed E-state index contributed by atoms with van der Waals surface area (Å²) in [5.74, 6) is -2.52. The average Bonchev–Trinajstić information content (AvgIpc) is 3.61. The molecule has 1 aliphatic heterocycles. The third-order valence-electron chi connectivity index (χ3n) is 8.47. The van der Waals surface area contributed by atoms with Crippen molar-refractivity contribution in [1.82, 2.24) is 19.8 Å². The van der Waals surface area contributed by atoms with Crippen LogP contribution in [0, 0.1) is 0 Å². The molecule has 0 bridgehead atoms. The topological polar surface area (TPSA) is 207 Å². The van der Waals surface area contributed by atoms with Crippen LogP contribution in [-0.2, 0) is 41.6 Å². The van der Waals surface area contributed by atoms with E-state index in [2.05, 4.69) is 10.6 Å². The Morgan fingerprint density at radius 1 is 0.857 bits per heavy atom. The fraction of sp³-hybridized carbons (Fsp3) is 0.243. The van der Waals surface area contributed by atoms with Gasteiger partial charge < -0.3 is 34.3 Å². The predicted octanol–water partition coefficient (Wildman–Crippen LogP) is 4.94. The molecule has 0 radical (unpaired) electrons. The number of hydrogen-bond acceptors (Lipinski definition) is 11. The standard InChI is InChI=1S/C37H38ClN4O12PS/c1-51-30-18-17-29(31(38)33(30)52-2)34(43)39-19-22-56(49,50)42-21-20-41(37(42)47)36(46)40-32(35(44)45)27-13-15-28(16-14-27)55(48,53-23-25-9-5-3-6-10-25)54-24-26-11-7-4-8-12-26/h3-18,32H,19-24H2,1-2H3,(H,39,43)(H,40,46)(H,44,45).